The van der Waals surface area contributed by atoms with Gasteiger partial charge in [-0.2, -0.15) is 6.08 Å². The molecule has 0 heterocycles. The Morgan fingerprint density at radius 1 is 1.38 bits per heavy atom. The van der Waals surface area contributed by atoms with E-state index >= 15 is 0 Å². The van der Waals surface area contributed by atoms with Gasteiger partial charge in [0.2, 0.25) is 0 Å². The van der Waals surface area contributed by atoms with E-state index in [1.807, 2.05) is 12.2 Å². The Labute approximate surface area is 128 Å². The van der Waals surface area contributed by atoms with Crippen LogP contribution in [0.1, 0.15) is 6.42 Å². The Morgan fingerprint density at radius 3 is 1.92 bits per heavy atom. The van der Waals surface area contributed by atoms with Crippen LogP contribution >= 0.6 is 0 Å². The standard InChI is InChI=1S/C5H5.C3H7O.3BrH.Ti/c1-2-4-5-3-1;1-3-4-2;;;;/h1-3H,4H2;1,3H2,2H3;3*1H;/q2*-1;;;;+3/p-3. The van der Waals surface area contributed by atoms with Crippen LogP contribution in [0.5, 0.6) is 0 Å². The van der Waals surface area contributed by atoms with Crippen LogP contribution in [-0.4, -0.2) is 13.7 Å². The number of hydrogen-bond acceptors (Lipinski definition) is 1. The third kappa shape index (κ3) is 31.7. The molecule has 5 heteroatoms. The molecule has 1 nitrogen and oxygen atoms in total. The van der Waals surface area contributed by atoms with Gasteiger partial charge < -0.3 is 62.6 Å². The summed E-state index contributed by atoms with van der Waals surface area (Å²) in [5, 5.41) is 0. The quantitative estimate of drug-likeness (QED) is 0.308. The van der Waals surface area contributed by atoms with Crippen LogP contribution in [0.2, 0.25) is 0 Å². The molecule has 0 amide bonds. The summed E-state index contributed by atoms with van der Waals surface area (Å²) in [6.07, 6.45) is 10.0. The van der Waals surface area contributed by atoms with Crippen LogP contribution in [-0.2, 0) is 26.5 Å². The molecule has 0 saturated carbocycles. The molecule has 0 bridgehead atoms. The molecule has 13 heavy (non-hydrogen) atoms. The molecule has 0 N–H and O–H groups in total. The maximum absolute atomic E-state index is 4.43. The second-order valence-electron chi connectivity index (χ2n) is 1.50. The zero-order chi connectivity index (χ0) is 6.95. The molecule has 0 aromatic carbocycles. The summed E-state index contributed by atoms with van der Waals surface area (Å²) in [4.78, 5) is 0. The maximum atomic E-state index is 4.43. The molecule has 0 aromatic heterocycles. The van der Waals surface area contributed by atoms with Crippen molar-refractivity contribution >= 4 is 0 Å². The smallest absolute Gasteiger partial charge is 1.00 e. The van der Waals surface area contributed by atoms with Crippen LogP contribution < -0.4 is 50.9 Å². The summed E-state index contributed by atoms with van der Waals surface area (Å²) in [5.74, 6) is 0. The van der Waals surface area contributed by atoms with E-state index in [0.717, 1.165) is 6.42 Å². The fourth-order valence-electron chi connectivity index (χ4n) is 0.340. The van der Waals surface area contributed by atoms with Crippen LogP contribution in [0.15, 0.2) is 18.2 Å². The summed E-state index contributed by atoms with van der Waals surface area (Å²) in [7, 11) is 1.62. The van der Waals surface area contributed by atoms with Gasteiger partial charge in [0.1, 0.15) is 0 Å². The molecule has 0 fully saturated rings. The van der Waals surface area contributed by atoms with Crippen molar-refractivity contribution in [3.8, 4) is 0 Å². The Balaban J connectivity index is -0.0000000256. The first kappa shape index (κ1) is 29.3. The number of allylic oxidation sites excluding steroid dienone is 4. The molecule has 1 aliphatic rings. The summed E-state index contributed by atoms with van der Waals surface area (Å²) < 4.78 is 4.43. The molecule has 1 radical (unpaired) electrons. The van der Waals surface area contributed by atoms with Gasteiger partial charge in [0, 0.05) is 7.11 Å². The molecular weight excluding hydrogens is 400 g/mol. The van der Waals surface area contributed by atoms with Crippen molar-refractivity contribution in [2.45, 2.75) is 6.42 Å². The Morgan fingerprint density at radius 2 is 1.85 bits per heavy atom. The first-order valence-electron chi connectivity index (χ1n) is 2.91. The van der Waals surface area contributed by atoms with Crippen LogP contribution in [0.3, 0.4) is 0 Å². The van der Waals surface area contributed by atoms with Crippen molar-refractivity contribution in [1.29, 1.82) is 0 Å². The normalized spacial score (nSPS) is 9.08. The van der Waals surface area contributed by atoms with Crippen molar-refractivity contribution in [3.05, 3.63) is 31.2 Å². The molecule has 0 unspecified atom stereocenters. The Hall–Kier alpha value is 1.59. The van der Waals surface area contributed by atoms with Gasteiger partial charge in [-0.15, -0.1) is 6.42 Å². The van der Waals surface area contributed by atoms with Crippen LogP contribution in [0.25, 0.3) is 0 Å². The Bertz CT molecular complexity index is 95.6. The molecule has 0 aliphatic heterocycles. The van der Waals surface area contributed by atoms with Crippen LogP contribution in [0, 0.1) is 13.0 Å². The second kappa shape index (κ2) is 29.2. The predicted molar refractivity (Wildman–Crippen MR) is 38.8 cm³/mol. The SMILES string of the molecule is [Br-].[Br-].[Br-].[C-]1=CC=CC1.[CH2-]COC.[Ti+3]. The largest absolute Gasteiger partial charge is 3.00 e. The first-order valence-corrected chi connectivity index (χ1v) is 2.91. The van der Waals surface area contributed by atoms with Crippen molar-refractivity contribution in [1.82, 2.24) is 0 Å². The van der Waals surface area contributed by atoms with E-state index in [2.05, 4.69) is 23.8 Å². The second-order valence-corrected chi connectivity index (χ2v) is 1.50. The zero-order valence-corrected chi connectivity index (χ0v) is 13.7. The van der Waals surface area contributed by atoms with Crippen molar-refractivity contribution < 1.29 is 77.4 Å². The third-order valence-electron chi connectivity index (χ3n) is 0.790. The van der Waals surface area contributed by atoms with Gasteiger partial charge in [0.15, 0.2) is 0 Å². The molecular formula is C8H12Br3OTi-2. The average molecular weight is 412 g/mol. The van der Waals surface area contributed by atoms with Crippen molar-refractivity contribution in [3.63, 3.8) is 0 Å². The molecule has 0 atom stereocenters. The molecule has 0 saturated heterocycles. The van der Waals surface area contributed by atoms with Gasteiger partial charge in [-0.3, -0.25) is 6.08 Å². The van der Waals surface area contributed by atoms with E-state index in [-0.39, 0.29) is 72.7 Å². The van der Waals surface area contributed by atoms with Gasteiger partial charge in [-0.05, 0) is 0 Å². The number of rotatable bonds is 1. The topological polar surface area (TPSA) is 9.23 Å². The third-order valence-corrected chi connectivity index (χ3v) is 0.790. The fourth-order valence-corrected chi connectivity index (χ4v) is 0.340. The fraction of sp³-hybridized carbons (Fsp3) is 0.375. The number of halogens is 3. The summed E-state index contributed by atoms with van der Waals surface area (Å²) in [5.41, 5.74) is 0. The van der Waals surface area contributed by atoms with Crippen LogP contribution in [0.4, 0.5) is 0 Å². The summed E-state index contributed by atoms with van der Waals surface area (Å²) in [6.45, 7) is 3.95. The Kier molecular flexibility index (Phi) is 65.8. The molecule has 0 aromatic rings. The van der Waals surface area contributed by atoms with Gasteiger partial charge in [0.25, 0.3) is 0 Å². The number of hydrogen-bond donors (Lipinski definition) is 0. The summed E-state index contributed by atoms with van der Waals surface area (Å²) >= 11 is 0. The minimum atomic E-state index is 0. The van der Waals surface area contributed by atoms with Crippen molar-refractivity contribution in [2.75, 3.05) is 13.7 Å². The molecule has 0 spiro atoms. The predicted octanol–water partition coefficient (Wildman–Crippen LogP) is -7.22. The number of ether oxygens (including phenoxy) is 1. The monoisotopic (exact) mass is 409 g/mol. The van der Waals surface area contributed by atoms with Gasteiger partial charge in [-0.25, -0.2) is 12.2 Å². The maximum Gasteiger partial charge on any atom is 3.00 e. The molecule has 1 aliphatic carbocycles. The van der Waals surface area contributed by atoms with Gasteiger partial charge in [0.05, 0.1) is 0 Å². The molecule has 77 valence electrons. The van der Waals surface area contributed by atoms with Crippen molar-refractivity contribution in [2.24, 2.45) is 0 Å². The minimum Gasteiger partial charge on any atom is -1.00 e. The van der Waals surface area contributed by atoms with E-state index in [1.165, 1.54) is 0 Å². The zero-order valence-electron chi connectivity index (χ0n) is 7.40. The average Bonchev–Trinajstić information content (AvgIpc) is 2.43. The van der Waals surface area contributed by atoms with E-state index in [1.54, 1.807) is 7.11 Å². The van der Waals surface area contributed by atoms with E-state index in [4.69, 9.17) is 0 Å². The summed E-state index contributed by atoms with van der Waals surface area (Å²) in [6, 6.07) is 0. The minimum absolute atomic E-state index is 0. The number of methoxy groups -OCH3 is 1. The van der Waals surface area contributed by atoms with E-state index in [9.17, 15) is 0 Å². The van der Waals surface area contributed by atoms with Gasteiger partial charge >= 0.3 is 21.7 Å². The van der Waals surface area contributed by atoms with E-state index < -0.39 is 0 Å². The van der Waals surface area contributed by atoms with E-state index in [0.29, 0.717) is 6.61 Å². The molecule has 1 rings (SSSR count). The van der Waals surface area contributed by atoms with Gasteiger partial charge in [-0.1, -0.05) is 6.61 Å². The first-order chi connectivity index (χ1) is 4.41.